The van der Waals surface area contributed by atoms with Gasteiger partial charge in [-0.25, -0.2) is 18.6 Å². The molecule has 14 heteroatoms. The summed E-state index contributed by atoms with van der Waals surface area (Å²) >= 11 is 6.03. The molecule has 1 aliphatic heterocycles. The zero-order chi connectivity index (χ0) is 24.6. The zero-order valence-corrected chi connectivity index (χ0v) is 18.7. The van der Waals surface area contributed by atoms with Crippen LogP contribution < -0.4 is 10.2 Å². The van der Waals surface area contributed by atoms with E-state index in [-0.39, 0.29) is 53.1 Å². The van der Waals surface area contributed by atoms with Crippen LogP contribution in [-0.2, 0) is 16.6 Å². The molecule has 34 heavy (non-hydrogen) atoms. The van der Waals surface area contributed by atoms with Crippen LogP contribution in [0.1, 0.15) is 6.92 Å². The van der Waals surface area contributed by atoms with Gasteiger partial charge in [-0.3, -0.25) is 9.69 Å². The van der Waals surface area contributed by atoms with Crippen molar-refractivity contribution in [2.24, 2.45) is 7.05 Å². The van der Waals surface area contributed by atoms with Gasteiger partial charge in [-0.15, -0.1) is 10.2 Å². The molecule has 0 bridgehead atoms. The van der Waals surface area contributed by atoms with Crippen LogP contribution >= 0.6 is 11.6 Å². The summed E-state index contributed by atoms with van der Waals surface area (Å²) in [6.07, 6.45) is -0.168. The van der Waals surface area contributed by atoms with E-state index in [1.165, 1.54) is 19.3 Å². The minimum atomic E-state index is -1.53. The van der Waals surface area contributed by atoms with Crippen LogP contribution in [-0.4, -0.2) is 67.6 Å². The van der Waals surface area contributed by atoms with Gasteiger partial charge in [-0.2, -0.15) is 4.80 Å². The molecule has 178 valence electrons. The number of carboxylic acid groups (broad SMARTS) is 1. The fourth-order valence-corrected chi connectivity index (χ4v) is 3.80. The Kier molecular flexibility index (Phi) is 6.15. The number of amides is 2. The number of halogens is 3. The summed E-state index contributed by atoms with van der Waals surface area (Å²) in [6.45, 7) is 1.21. The predicted octanol–water partition coefficient (Wildman–Crippen LogP) is 2.26. The van der Waals surface area contributed by atoms with Crippen LogP contribution in [0.2, 0.25) is 5.02 Å². The molecule has 2 amide bonds. The number of nitrogens with one attached hydrogen (secondary N) is 1. The largest absolute Gasteiger partial charge is 0.465 e. The lowest BCUT2D eigenvalue weighted by Gasteiger charge is -2.42. The van der Waals surface area contributed by atoms with Gasteiger partial charge < -0.3 is 15.2 Å². The number of tetrazole rings is 1. The molecule has 4 rings (SSSR count). The molecule has 2 N–H and O–H groups in total. The minimum absolute atomic E-state index is 0.00567. The number of anilines is 1. The number of aromatic nitrogens is 5. The number of pyridine rings is 1. The molecule has 3 heterocycles. The highest BCUT2D eigenvalue weighted by Gasteiger charge is 2.50. The number of aryl methyl sites for hydroxylation is 1. The highest BCUT2D eigenvalue weighted by atomic mass is 35.5. The average molecular weight is 494 g/mol. The van der Waals surface area contributed by atoms with Crippen molar-refractivity contribution in [2.45, 2.75) is 12.5 Å². The van der Waals surface area contributed by atoms with Gasteiger partial charge in [0.05, 0.1) is 25.8 Å². The highest BCUT2D eigenvalue weighted by molar-refractivity contribution is 6.31. The summed E-state index contributed by atoms with van der Waals surface area (Å²) < 4.78 is 35.1. The van der Waals surface area contributed by atoms with Crippen molar-refractivity contribution in [1.29, 1.82) is 0 Å². The van der Waals surface area contributed by atoms with Crippen LogP contribution in [0.4, 0.5) is 19.4 Å². The first-order chi connectivity index (χ1) is 16.1. The maximum absolute atomic E-state index is 15.2. The van der Waals surface area contributed by atoms with Gasteiger partial charge in [0, 0.05) is 23.3 Å². The molecule has 3 aromatic rings. The minimum Gasteiger partial charge on any atom is -0.465 e. The van der Waals surface area contributed by atoms with Crippen LogP contribution in [0.5, 0.6) is 0 Å². The van der Waals surface area contributed by atoms with Gasteiger partial charge in [-0.1, -0.05) is 11.6 Å². The third-order valence-electron chi connectivity index (χ3n) is 5.19. The van der Waals surface area contributed by atoms with Crippen LogP contribution in [0.25, 0.3) is 22.5 Å². The standard InChI is InChI=1S/C20H18ClF2N7O4/c1-3-30(18(31)20(8-34-9-20)25-19(32)33)17-14(23)4-10(7-24-17)12-5-11(21)6-13(22)15(12)16-26-28-29(2)27-16/h4-7,25H,3,8-9H2,1-2H3,(H,32,33). The smallest absolute Gasteiger partial charge is 0.405 e. The van der Waals surface area contributed by atoms with Crippen LogP contribution in [0, 0.1) is 11.6 Å². The Bertz CT molecular complexity index is 1280. The summed E-state index contributed by atoms with van der Waals surface area (Å²) in [4.78, 5) is 30.5. The summed E-state index contributed by atoms with van der Waals surface area (Å²) in [5, 5.41) is 22.8. The lowest BCUT2D eigenvalue weighted by atomic mass is 9.95. The van der Waals surface area contributed by atoms with E-state index in [1.807, 2.05) is 0 Å². The van der Waals surface area contributed by atoms with E-state index in [9.17, 15) is 14.0 Å². The molecule has 0 spiro atoms. The third kappa shape index (κ3) is 4.15. The van der Waals surface area contributed by atoms with Crippen molar-refractivity contribution in [2.75, 3.05) is 24.7 Å². The van der Waals surface area contributed by atoms with Gasteiger partial charge >= 0.3 is 6.09 Å². The Morgan fingerprint density at radius 3 is 2.56 bits per heavy atom. The van der Waals surface area contributed by atoms with Crippen molar-refractivity contribution in [1.82, 2.24) is 30.5 Å². The molecule has 2 aromatic heterocycles. The fraction of sp³-hybridized carbons (Fsp3) is 0.300. The maximum atomic E-state index is 15.2. The molecule has 1 aromatic carbocycles. The Morgan fingerprint density at radius 2 is 2.03 bits per heavy atom. The zero-order valence-electron chi connectivity index (χ0n) is 17.9. The van der Waals surface area contributed by atoms with E-state index < -0.39 is 29.2 Å². The lowest BCUT2D eigenvalue weighted by molar-refractivity contribution is -0.144. The third-order valence-corrected chi connectivity index (χ3v) is 5.41. The van der Waals surface area contributed by atoms with E-state index in [4.69, 9.17) is 21.4 Å². The molecule has 1 aliphatic rings. The number of nitrogens with zero attached hydrogens (tertiary/aromatic N) is 6. The summed E-state index contributed by atoms with van der Waals surface area (Å²) in [5.74, 6) is -2.69. The quantitative estimate of drug-likeness (QED) is 0.534. The van der Waals surface area contributed by atoms with E-state index in [0.717, 1.165) is 21.8 Å². The van der Waals surface area contributed by atoms with Crippen molar-refractivity contribution in [3.63, 3.8) is 0 Å². The molecule has 0 unspecified atom stereocenters. The van der Waals surface area contributed by atoms with Gasteiger partial charge in [0.15, 0.2) is 17.2 Å². The summed E-state index contributed by atoms with van der Waals surface area (Å²) in [5.41, 5.74) is -1.26. The normalized spacial score (nSPS) is 14.4. The molecule has 0 atom stereocenters. The number of rotatable bonds is 6. The summed E-state index contributed by atoms with van der Waals surface area (Å²) in [7, 11) is 1.51. The number of hydrogen-bond donors (Lipinski definition) is 2. The van der Waals surface area contributed by atoms with Gasteiger partial charge in [-0.05, 0) is 35.9 Å². The molecule has 0 saturated carbocycles. The monoisotopic (exact) mass is 493 g/mol. The topological polar surface area (TPSA) is 135 Å². The number of ether oxygens (including phenoxy) is 1. The second kappa shape index (κ2) is 8.91. The van der Waals surface area contributed by atoms with Crippen molar-refractivity contribution in [3.8, 4) is 22.5 Å². The van der Waals surface area contributed by atoms with E-state index in [1.54, 1.807) is 6.92 Å². The lowest BCUT2D eigenvalue weighted by Crippen LogP contribution is -2.70. The Labute approximate surface area is 196 Å². The van der Waals surface area contributed by atoms with Crippen molar-refractivity contribution in [3.05, 3.63) is 41.1 Å². The van der Waals surface area contributed by atoms with Crippen molar-refractivity contribution < 1.29 is 28.2 Å². The molecule has 1 saturated heterocycles. The van der Waals surface area contributed by atoms with E-state index >= 15 is 4.39 Å². The van der Waals surface area contributed by atoms with Gasteiger partial charge in [0.25, 0.3) is 5.91 Å². The average Bonchev–Trinajstić information content (AvgIpc) is 3.17. The highest BCUT2D eigenvalue weighted by Crippen LogP contribution is 2.36. The first kappa shape index (κ1) is 23.4. The molecular weight excluding hydrogens is 476 g/mol. The predicted molar refractivity (Wildman–Crippen MR) is 115 cm³/mol. The van der Waals surface area contributed by atoms with E-state index in [2.05, 4.69) is 25.7 Å². The van der Waals surface area contributed by atoms with E-state index in [0.29, 0.717) is 0 Å². The maximum Gasteiger partial charge on any atom is 0.405 e. The summed E-state index contributed by atoms with van der Waals surface area (Å²) in [6, 6.07) is 3.55. The fourth-order valence-electron chi connectivity index (χ4n) is 3.60. The molecule has 11 nitrogen and oxygen atoms in total. The van der Waals surface area contributed by atoms with Crippen LogP contribution in [0.15, 0.2) is 24.4 Å². The molecule has 0 aliphatic carbocycles. The number of benzene rings is 1. The van der Waals surface area contributed by atoms with Gasteiger partial charge in [0.2, 0.25) is 5.82 Å². The number of hydrogen-bond acceptors (Lipinski definition) is 7. The Hall–Kier alpha value is -3.71. The number of likely N-dealkylation sites (N-methyl/N-ethyl adjacent to an activating group) is 1. The molecule has 0 radical (unpaired) electrons. The first-order valence-corrected chi connectivity index (χ1v) is 10.3. The first-order valence-electron chi connectivity index (χ1n) is 9.95. The molecule has 1 fully saturated rings. The second-order valence-corrected chi connectivity index (χ2v) is 7.93. The number of carbonyl (C=O) groups is 2. The second-order valence-electron chi connectivity index (χ2n) is 7.50. The Balaban J connectivity index is 1.75. The number of carbonyl (C=O) groups excluding carboxylic acids is 1. The van der Waals surface area contributed by atoms with Crippen LogP contribution in [0.3, 0.4) is 0 Å². The molecular formula is C20H18ClF2N7O4. The Morgan fingerprint density at radius 1 is 1.29 bits per heavy atom. The van der Waals surface area contributed by atoms with Gasteiger partial charge in [0.1, 0.15) is 5.82 Å². The SMILES string of the molecule is CCN(C(=O)C1(NC(=O)O)COC1)c1ncc(-c2cc(Cl)cc(F)c2-c2nnn(C)n2)cc1F. The van der Waals surface area contributed by atoms with Crippen molar-refractivity contribution >= 4 is 29.4 Å².